The van der Waals surface area contributed by atoms with Crippen LogP contribution in [0.5, 0.6) is 0 Å². The van der Waals surface area contributed by atoms with Crippen LogP contribution < -0.4 is 15.5 Å². The lowest BCUT2D eigenvalue weighted by molar-refractivity contribution is 0.250. The highest BCUT2D eigenvalue weighted by Crippen LogP contribution is 2.16. The van der Waals surface area contributed by atoms with Gasteiger partial charge in [0.1, 0.15) is 5.82 Å². The van der Waals surface area contributed by atoms with E-state index in [0.29, 0.717) is 5.82 Å². The number of carbonyl (C=O) groups is 1. The zero-order valence-corrected chi connectivity index (χ0v) is 12.4. The standard InChI is InChI=1S/C14H23N5O/c1-11(2)16-14(20)17-13-5-4-12(10-15-13)19-8-6-18(3)7-9-19/h4-5,10-11H,6-9H2,1-3H3,(H2,15,16,17,20). The fourth-order valence-electron chi connectivity index (χ4n) is 2.13. The van der Waals surface area contributed by atoms with Crippen LogP contribution in [-0.2, 0) is 0 Å². The molecule has 2 amide bonds. The molecule has 1 aromatic rings. The third kappa shape index (κ3) is 4.09. The zero-order chi connectivity index (χ0) is 14.5. The predicted octanol–water partition coefficient (Wildman–Crippen LogP) is 1.36. The molecule has 0 aliphatic carbocycles. The van der Waals surface area contributed by atoms with Crippen molar-refractivity contribution in [3.8, 4) is 0 Å². The molecule has 2 rings (SSSR count). The number of nitrogens with one attached hydrogen (secondary N) is 2. The molecule has 0 aromatic carbocycles. The second-order valence-corrected chi connectivity index (χ2v) is 5.45. The summed E-state index contributed by atoms with van der Waals surface area (Å²) in [4.78, 5) is 20.5. The van der Waals surface area contributed by atoms with E-state index in [9.17, 15) is 4.79 Å². The van der Waals surface area contributed by atoms with Crippen LogP contribution in [0.2, 0.25) is 0 Å². The van der Waals surface area contributed by atoms with Crippen LogP contribution >= 0.6 is 0 Å². The van der Waals surface area contributed by atoms with Crippen LogP contribution in [-0.4, -0.2) is 55.2 Å². The van der Waals surface area contributed by atoms with Gasteiger partial charge < -0.3 is 15.1 Å². The topological polar surface area (TPSA) is 60.5 Å². The molecule has 0 atom stereocenters. The number of aromatic nitrogens is 1. The highest BCUT2D eigenvalue weighted by atomic mass is 16.2. The number of likely N-dealkylation sites (N-methyl/N-ethyl adjacent to an activating group) is 1. The third-order valence-corrected chi connectivity index (χ3v) is 3.28. The van der Waals surface area contributed by atoms with Crippen LogP contribution in [0.25, 0.3) is 0 Å². The second-order valence-electron chi connectivity index (χ2n) is 5.45. The van der Waals surface area contributed by atoms with E-state index < -0.39 is 0 Å². The Balaban J connectivity index is 1.91. The van der Waals surface area contributed by atoms with E-state index in [1.807, 2.05) is 32.2 Å². The number of hydrogen-bond acceptors (Lipinski definition) is 4. The Bertz CT molecular complexity index is 437. The summed E-state index contributed by atoms with van der Waals surface area (Å²) in [5.41, 5.74) is 1.10. The number of nitrogens with zero attached hydrogens (tertiary/aromatic N) is 3. The molecule has 0 spiro atoms. The molecule has 110 valence electrons. The predicted molar refractivity (Wildman–Crippen MR) is 81.2 cm³/mol. The van der Waals surface area contributed by atoms with Crippen molar-refractivity contribution in [1.29, 1.82) is 0 Å². The highest BCUT2D eigenvalue weighted by molar-refractivity contribution is 5.88. The molecular formula is C14H23N5O. The van der Waals surface area contributed by atoms with Gasteiger partial charge in [-0.3, -0.25) is 5.32 Å². The lowest BCUT2D eigenvalue weighted by Gasteiger charge is -2.33. The van der Waals surface area contributed by atoms with Crippen molar-refractivity contribution in [3.05, 3.63) is 18.3 Å². The number of amides is 2. The summed E-state index contributed by atoms with van der Waals surface area (Å²) in [6.45, 7) is 8.00. The molecule has 2 heterocycles. The summed E-state index contributed by atoms with van der Waals surface area (Å²) >= 11 is 0. The SMILES string of the molecule is CC(C)NC(=O)Nc1ccc(N2CCN(C)CC2)cn1. The Morgan fingerprint density at radius 1 is 1.25 bits per heavy atom. The van der Waals surface area contributed by atoms with Crippen LogP contribution in [0, 0.1) is 0 Å². The average Bonchev–Trinajstić information content (AvgIpc) is 2.39. The number of hydrogen-bond donors (Lipinski definition) is 2. The monoisotopic (exact) mass is 277 g/mol. The quantitative estimate of drug-likeness (QED) is 0.876. The van der Waals surface area contributed by atoms with Gasteiger partial charge in [-0.2, -0.15) is 0 Å². The summed E-state index contributed by atoms with van der Waals surface area (Å²) in [6.07, 6.45) is 1.82. The highest BCUT2D eigenvalue weighted by Gasteiger charge is 2.14. The van der Waals surface area contributed by atoms with E-state index in [1.165, 1.54) is 0 Å². The molecule has 1 saturated heterocycles. The molecule has 20 heavy (non-hydrogen) atoms. The zero-order valence-electron chi connectivity index (χ0n) is 12.4. The van der Waals surface area contributed by atoms with Crippen LogP contribution in [0.3, 0.4) is 0 Å². The number of carbonyl (C=O) groups excluding carboxylic acids is 1. The minimum Gasteiger partial charge on any atom is -0.368 e. The number of anilines is 2. The number of piperazine rings is 1. The van der Waals surface area contributed by atoms with Crippen LogP contribution in [0.4, 0.5) is 16.3 Å². The number of urea groups is 1. The molecular weight excluding hydrogens is 254 g/mol. The van der Waals surface area contributed by atoms with Gasteiger partial charge in [-0.05, 0) is 33.0 Å². The van der Waals surface area contributed by atoms with Gasteiger partial charge in [-0.25, -0.2) is 9.78 Å². The molecule has 1 aliphatic rings. The molecule has 1 aromatic heterocycles. The van der Waals surface area contributed by atoms with Gasteiger partial charge in [0, 0.05) is 32.2 Å². The van der Waals surface area contributed by atoms with E-state index in [2.05, 4.69) is 32.5 Å². The van der Waals surface area contributed by atoms with Crippen molar-refractivity contribution in [3.63, 3.8) is 0 Å². The minimum absolute atomic E-state index is 0.111. The summed E-state index contributed by atoms with van der Waals surface area (Å²) in [5.74, 6) is 0.570. The molecule has 0 unspecified atom stereocenters. The first-order valence-electron chi connectivity index (χ1n) is 7.01. The summed E-state index contributed by atoms with van der Waals surface area (Å²) < 4.78 is 0. The number of pyridine rings is 1. The van der Waals surface area contributed by atoms with Gasteiger partial charge in [0.2, 0.25) is 0 Å². The summed E-state index contributed by atoms with van der Waals surface area (Å²) in [6, 6.07) is 3.73. The molecule has 0 bridgehead atoms. The summed E-state index contributed by atoms with van der Waals surface area (Å²) in [7, 11) is 2.13. The molecule has 6 nitrogen and oxygen atoms in total. The largest absolute Gasteiger partial charge is 0.368 e. The fourth-order valence-corrected chi connectivity index (χ4v) is 2.13. The van der Waals surface area contributed by atoms with E-state index in [0.717, 1.165) is 31.9 Å². The lowest BCUT2D eigenvalue weighted by atomic mass is 10.3. The van der Waals surface area contributed by atoms with Crippen LogP contribution in [0.1, 0.15) is 13.8 Å². The van der Waals surface area contributed by atoms with E-state index in [-0.39, 0.29) is 12.1 Å². The maximum absolute atomic E-state index is 11.6. The van der Waals surface area contributed by atoms with E-state index in [4.69, 9.17) is 0 Å². The first-order valence-corrected chi connectivity index (χ1v) is 7.01. The fraction of sp³-hybridized carbons (Fsp3) is 0.571. The Kier molecular flexibility index (Phi) is 4.79. The van der Waals surface area contributed by atoms with Crippen LogP contribution in [0.15, 0.2) is 18.3 Å². The lowest BCUT2D eigenvalue weighted by Crippen LogP contribution is -2.44. The van der Waals surface area contributed by atoms with Crippen molar-refractivity contribution in [1.82, 2.24) is 15.2 Å². The molecule has 1 aliphatic heterocycles. The number of rotatable bonds is 3. The Morgan fingerprint density at radius 2 is 1.95 bits per heavy atom. The van der Waals surface area contributed by atoms with Gasteiger partial charge in [0.15, 0.2) is 0 Å². The Morgan fingerprint density at radius 3 is 2.50 bits per heavy atom. The van der Waals surface area contributed by atoms with Crippen molar-refractivity contribution in [2.24, 2.45) is 0 Å². The van der Waals surface area contributed by atoms with Gasteiger partial charge in [-0.1, -0.05) is 0 Å². The van der Waals surface area contributed by atoms with Gasteiger partial charge >= 0.3 is 6.03 Å². The first-order chi connectivity index (χ1) is 9.54. The Hall–Kier alpha value is -1.82. The van der Waals surface area contributed by atoms with E-state index in [1.54, 1.807) is 0 Å². The van der Waals surface area contributed by atoms with E-state index >= 15 is 0 Å². The first kappa shape index (κ1) is 14.6. The van der Waals surface area contributed by atoms with Crippen molar-refractivity contribution in [2.75, 3.05) is 43.4 Å². The Labute approximate surface area is 120 Å². The minimum atomic E-state index is -0.222. The molecule has 1 fully saturated rings. The molecule has 0 radical (unpaired) electrons. The summed E-state index contributed by atoms with van der Waals surface area (Å²) in [5, 5.41) is 5.49. The average molecular weight is 277 g/mol. The third-order valence-electron chi connectivity index (χ3n) is 3.28. The maximum atomic E-state index is 11.6. The normalized spacial score (nSPS) is 16.3. The van der Waals surface area contributed by atoms with Gasteiger partial charge in [-0.15, -0.1) is 0 Å². The smallest absolute Gasteiger partial charge is 0.320 e. The maximum Gasteiger partial charge on any atom is 0.320 e. The van der Waals surface area contributed by atoms with Crippen molar-refractivity contribution >= 4 is 17.5 Å². The van der Waals surface area contributed by atoms with Gasteiger partial charge in [0.05, 0.1) is 11.9 Å². The molecule has 0 saturated carbocycles. The van der Waals surface area contributed by atoms with Crippen molar-refractivity contribution in [2.45, 2.75) is 19.9 Å². The van der Waals surface area contributed by atoms with Gasteiger partial charge in [0.25, 0.3) is 0 Å². The molecule has 6 heteroatoms. The second kappa shape index (κ2) is 6.56. The molecule has 2 N–H and O–H groups in total. The van der Waals surface area contributed by atoms with Crippen molar-refractivity contribution < 1.29 is 4.79 Å².